The zero-order valence-electron chi connectivity index (χ0n) is 18.8. The molecule has 7 heteroatoms. The predicted molar refractivity (Wildman–Crippen MR) is 127 cm³/mol. The van der Waals surface area contributed by atoms with Crippen molar-refractivity contribution in [1.29, 1.82) is 0 Å². The van der Waals surface area contributed by atoms with Gasteiger partial charge in [0.1, 0.15) is 6.10 Å². The van der Waals surface area contributed by atoms with E-state index in [4.69, 9.17) is 27.9 Å². The molecule has 3 fully saturated rings. The quantitative estimate of drug-likeness (QED) is 0.515. The van der Waals surface area contributed by atoms with Crippen LogP contribution in [-0.4, -0.2) is 60.9 Å². The molecule has 2 aliphatic carbocycles. The number of anilines is 1. The van der Waals surface area contributed by atoms with Crippen LogP contribution in [0.25, 0.3) is 0 Å². The molecule has 0 radical (unpaired) electrons. The van der Waals surface area contributed by atoms with Crippen molar-refractivity contribution in [2.24, 2.45) is 23.2 Å². The summed E-state index contributed by atoms with van der Waals surface area (Å²) < 4.78 is 5.83. The molecule has 4 aliphatic rings. The summed E-state index contributed by atoms with van der Waals surface area (Å²) in [5.41, 5.74) is 2.10. The van der Waals surface area contributed by atoms with E-state index in [9.17, 15) is 9.90 Å². The number of aliphatic hydroxyl groups is 1. The Kier molecular flexibility index (Phi) is 5.98. The van der Waals surface area contributed by atoms with Gasteiger partial charge in [0.15, 0.2) is 0 Å². The SMILES string of the molecule is CC1CCC=C2C[C@H]3OC(=O)C(CN4CCN(c5ccc(Cl)c(Cl)c5)CC4)[C@H]3C(O)[C@@]21C. The fourth-order valence-electron chi connectivity index (χ4n) is 6.42. The van der Waals surface area contributed by atoms with Crippen LogP contribution < -0.4 is 4.90 Å². The van der Waals surface area contributed by atoms with Gasteiger partial charge in [0.05, 0.1) is 22.1 Å². The fraction of sp³-hybridized carbons (Fsp3) is 0.640. The summed E-state index contributed by atoms with van der Waals surface area (Å²) >= 11 is 12.2. The number of nitrogens with zero attached hydrogens (tertiary/aromatic N) is 2. The van der Waals surface area contributed by atoms with Crippen LogP contribution in [-0.2, 0) is 9.53 Å². The van der Waals surface area contributed by atoms with Gasteiger partial charge < -0.3 is 14.7 Å². The van der Waals surface area contributed by atoms with Crippen molar-refractivity contribution < 1.29 is 14.6 Å². The summed E-state index contributed by atoms with van der Waals surface area (Å²) in [6, 6.07) is 5.74. The molecule has 0 spiro atoms. The number of carbonyl (C=O) groups excluding carboxylic acids is 1. The molecule has 2 saturated heterocycles. The van der Waals surface area contributed by atoms with Gasteiger partial charge in [-0.25, -0.2) is 0 Å². The zero-order valence-corrected chi connectivity index (χ0v) is 20.3. The maximum Gasteiger partial charge on any atom is 0.311 e. The van der Waals surface area contributed by atoms with Gasteiger partial charge in [0.2, 0.25) is 0 Å². The summed E-state index contributed by atoms with van der Waals surface area (Å²) in [4.78, 5) is 17.5. The lowest BCUT2D eigenvalue weighted by atomic mass is 9.55. The molecule has 1 aromatic carbocycles. The Morgan fingerprint density at radius 3 is 2.66 bits per heavy atom. The Morgan fingerprint density at radius 1 is 1.19 bits per heavy atom. The summed E-state index contributed by atoms with van der Waals surface area (Å²) in [5, 5.41) is 12.7. The fourth-order valence-corrected chi connectivity index (χ4v) is 6.71. The van der Waals surface area contributed by atoms with Crippen LogP contribution in [0, 0.1) is 23.2 Å². The second kappa shape index (κ2) is 8.50. The first-order valence-corrected chi connectivity index (χ1v) is 12.5. The van der Waals surface area contributed by atoms with E-state index in [0.717, 1.165) is 51.1 Å². The number of piperazine rings is 1. The normalized spacial score (nSPS) is 37.5. The van der Waals surface area contributed by atoms with Crippen molar-refractivity contribution in [2.75, 3.05) is 37.6 Å². The van der Waals surface area contributed by atoms with E-state index in [1.807, 2.05) is 18.2 Å². The second-order valence-corrected chi connectivity index (χ2v) is 11.0. The van der Waals surface area contributed by atoms with Gasteiger partial charge in [-0.05, 0) is 37.0 Å². The average molecular weight is 479 g/mol. The highest BCUT2D eigenvalue weighted by molar-refractivity contribution is 6.42. The van der Waals surface area contributed by atoms with Gasteiger partial charge in [-0.3, -0.25) is 9.69 Å². The first-order valence-electron chi connectivity index (χ1n) is 11.8. The first kappa shape index (κ1) is 22.5. The molecule has 32 heavy (non-hydrogen) atoms. The van der Waals surface area contributed by atoms with Gasteiger partial charge in [-0.2, -0.15) is 0 Å². The topological polar surface area (TPSA) is 53.0 Å². The number of rotatable bonds is 3. The Morgan fingerprint density at radius 2 is 1.94 bits per heavy atom. The van der Waals surface area contributed by atoms with E-state index in [-0.39, 0.29) is 29.3 Å². The number of allylic oxidation sites excluding steroid dienone is 1. The number of fused-ring (bicyclic) bond motifs is 2. The van der Waals surface area contributed by atoms with E-state index in [2.05, 4.69) is 29.7 Å². The molecule has 2 heterocycles. The molecule has 2 aliphatic heterocycles. The van der Waals surface area contributed by atoms with Crippen LogP contribution >= 0.6 is 23.2 Å². The van der Waals surface area contributed by atoms with Crippen molar-refractivity contribution in [2.45, 2.75) is 45.3 Å². The zero-order chi connectivity index (χ0) is 22.6. The molecule has 1 aromatic rings. The minimum atomic E-state index is -0.545. The third-order valence-corrected chi connectivity index (χ3v) is 9.40. The van der Waals surface area contributed by atoms with Crippen LogP contribution in [0.1, 0.15) is 33.1 Å². The third-order valence-electron chi connectivity index (χ3n) is 8.67. The third kappa shape index (κ3) is 3.66. The summed E-state index contributed by atoms with van der Waals surface area (Å²) in [6.07, 6.45) is 4.46. The van der Waals surface area contributed by atoms with E-state index < -0.39 is 6.10 Å². The van der Waals surface area contributed by atoms with Crippen molar-refractivity contribution in [3.63, 3.8) is 0 Å². The van der Waals surface area contributed by atoms with Gasteiger partial charge in [0, 0.05) is 56.2 Å². The maximum absolute atomic E-state index is 12.9. The highest BCUT2D eigenvalue weighted by Crippen LogP contribution is 2.56. The van der Waals surface area contributed by atoms with Crippen LogP contribution in [0.15, 0.2) is 29.8 Å². The highest BCUT2D eigenvalue weighted by atomic mass is 35.5. The predicted octanol–water partition coefficient (Wildman–Crippen LogP) is 4.40. The maximum atomic E-state index is 12.9. The van der Waals surface area contributed by atoms with Crippen molar-refractivity contribution in [3.8, 4) is 0 Å². The van der Waals surface area contributed by atoms with E-state index in [1.54, 1.807) is 0 Å². The van der Waals surface area contributed by atoms with Gasteiger partial charge in [0.25, 0.3) is 0 Å². The van der Waals surface area contributed by atoms with Crippen molar-refractivity contribution in [1.82, 2.24) is 4.90 Å². The highest BCUT2D eigenvalue weighted by Gasteiger charge is 2.59. The molecule has 5 rings (SSSR count). The molecule has 6 atom stereocenters. The lowest BCUT2D eigenvalue weighted by Gasteiger charge is -2.52. The van der Waals surface area contributed by atoms with E-state index in [0.29, 0.717) is 22.5 Å². The lowest BCUT2D eigenvalue weighted by Crippen LogP contribution is -2.55. The average Bonchev–Trinajstić information content (AvgIpc) is 3.08. The number of esters is 1. The van der Waals surface area contributed by atoms with Gasteiger partial charge >= 0.3 is 5.97 Å². The van der Waals surface area contributed by atoms with Crippen LogP contribution in [0.5, 0.6) is 0 Å². The first-order chi connectivity index (χ1) is 15.3. The number of hydrogen-bond donors (Lipinski definition) is 1. The summed E-state index contributed by atoms with van der Waals surface area (Å²) in [6.45, 7) is 8.52. The molecule has 174 valence electrons. The number of carbonyl (C=O) groups is 1. The number of ether oxygens (including phenoxy) is 1. The van der Waals surface area contributed by atoms with Gasteiger partial charge in [-0.15, -0.1) is 0 Å². The van der Waals surface area contributed by atoms with Crippen molar-refractivity contribution >= 4 is 34.9 Å². The Bertz CT molecular complexity index is 930. The molecular weight excluding hydrogens is 447 g/mol. The van der Waals surface area contributed by atoms with Crippen LogP contribution in [0.4, 0.5) is 5.69 Å². The molecule has 1 saturated carbocycles. The molecular formula is C25H32Cl2N2O3. The largest absolute Gasteiger partial charge is 0.461 e. The standard InChI is InChI=1S/C25H32Cl2N2O3/c1-15-4-3-5-16-12-21-22(23(30)25(15,16)2)18(24(31)32-21)14-28-8-10-29(11-9-28)17-6-7-19(26)20(27)13-17/h5-7,13,15,18,21-23,30H,3-4,8-12,14H2,1-2H3/t15?,18?,21-,22-,23?,25-/m1/s1. The Balaban J connectivity index is 1.27. The van der Waals surface area contributed by atoms with Crippen LogP contribution in [0.2, 0.25) is 10.0 Å². The van der Waals surface area contributed by atoms with Crippen LogP contribution in [0.3, 0.4) is 0 Å². The minimum absolute atomic E-state index is 0.127. The molecule has 0 bridgehead atoms. The Labute approximate surface area is 200 Å². The molecule has 0 aromatic heterocycles. The monoisotopic (exact) mass is 478 g/mol. The smallest absolute Gasteiger partial charge is 0.311 e. The second-order valence-electron chi connectivity index (χ2n) is 10.2. The van der Waals surface area contributed by atoms with Gasteiger partial charge in [-0.1, -0.05) is 48.7 Å². The minimum Gasteiger partial charge on any atom is -0.461 e. The summed E-state index contributed by atoms with van der Waals surface area (Å²) in [5.74, 6) is -0.122. The molecule has 1 N–H and O–H groups in total. The lowest BCUT2D eigenvalue weighted by molar-refractivity contribution is -0.145. The number of benzene rings is 1. The molecule has 5 nitrogen and oxygen atoms in total. The number of aliphatic hydroxyl groups excluding tert-OH is 1. The molecule has 3 unspecified atom stereocenters. The number of halogens is 2. The molecule has 0 amide bonds. The van der Waals surface area contributed by atoms with E-state index in [1.165, 1.54) is 5.57 Å². The van der Waals surface area contributed by atoms with E-state index >= 15 is 0 Å². The van der Waals surface area contributed by atoms with Crippen molar-refractivity contribution in [3.05, 3.63) is 39.9 Å². The Hall–Kier alpha value is -1.27. The summed E-state index contributed by atoms with van der Waals surface area (Å²) in [7, 11) is 0. The number of hydrogen-bond acceptors (Lipinski definition) is 5.